The van der Waals surface area contributed by atoms with E-state index >= 15 is 0 Å². The number of hydrogen-bond acceptors (Lipinski definition) is 3. The molecule has 1 rings (SSSR count). The van der Waals surface area contributed by atoms with Gasteiger partial charge in [-0.3, -0.25) is 4.79 Å². The molecular weight excluding hydrogens is 213 g/mol. The maximum atomic E-state index is 11.6. The number of benzene rings is 1. The summed E-state index contributed by atoms with van der Waals surface area (Å²) in [7, 11) is 0. The van der Waals surface area contributed by atoms with Crippen LogP contribution in [0.2, 0.25) is 0 Å². The Bertz CT molecular complexity index is 305. The lowest BCUT2D eigenvalue weighted by atomic mass is 10.2. The van der Waals surface area contributed by atoms with Crippen LogP contribution in [0.5, 0.6) is 5.75 Å². The lowest BCUT2D eigenvalue weighted by Crippen LogP contribution is -2.16. The van der Waals surface area contributed by atoms with Gasteiger partial charge in [0.25, 0.3) is 0 Å². The van der Waals surface area contributed by atoms with E-state index in [4.69, 9.17) is 4.79 Å². The first-order valence-electron chi connectivity index (χ1n) is 3.61. The molecule has 0 saturated heterocycles. The number of halogens is 3. The first kappa shape index (κ1) is 13.2. The van der Waals surface area contributed by atoms with Gasteiger partial charge in [0.2, 0.25) is 0 Å². The van der Waals surface area contributed by atoms with E-state index in [0.717, 1.165) is 12.1 Å². The molecule has 3 nitrogen and oxygen atoms in total. The van der Waals surface area contributed by atoms with Crippen LogP contribution in [0, 0.1) is 0 Å². The van der Waals surface area contributed by atoms with E-state index in [1.54, 1.807) is 0 Å². The molecule has 0 atom stereocenters. The van der Waals surface area contributed by atoms with Gasteiger partial charge in [0, 0.05) is 5.56 Å². The maximum absolute atomic E-state index is 11.6. The first-order chi connectivity index (χ1) is 7.01. The molecule has 0 radical (unpaired) electrons. The maximum Gasteiger partial charge on any atom is 0.573 e. The van der Waals surface area contributed by atoms with Crippen molar-refractivity contribution in [1.29, 1.82) is 0 Å². The predicted octanol–water partition coefficient (Wildman–Crippen LogP) is 2.21. The van der Waals surface area contributed by atoms with Crippen molar-refractivity contribution in [3.63, 3.8) is 0 Å². The van der Waals surface area contributed by atoms with Crippen molar-refractivity contribution in [2.45, 2.75) is 6.36 Å². The van der Waals surface area contributed by atoms with Gasteiger partial charge < -0.3 is 9.53 Å². The normalized spacial score (nSPS) is 9.80. The van der Waals surface area contributed by atoms with Crippen molar-refractivity contribution in [2.75, 3.05) is 0 Å². The monoisotopic (exact) mass is 220 g/mol. The first-order valence-corrected chi connectivity index (χ1v) is 3.61. The molecule has 0 heterocycles. The van der Waals surface area contributed by atoms with Gasteiger partial charge in [-0.2, -0.15) is 0 Å². The smallest absolute Gasteiger partial charge is 0.406 e. The summed E-state index contributed by atoms with van der Waals surface area (Å²) in [5, 5.41) is 0. The topological polar surface area (TPSA) is 43.4 Å². The van der Waals surface area contributed by atoms with Crippen molar-refractivity contribution in [3.8, 4) is 5.75 Å². The van der Waals surface area contributed by atoms with E-state index in [0.29, 0.717) is 11.8 Å². The number of alkyl halides is 3. The molecule has 1 aromatic carbocycles. The molecule has 0 unspecified atom stereocenters. The summed E-state index contributed by atoms with van der Waals surface area (Å²) in [6.45, 7) is 2.00. The second-order valence-corrected chi connectivity index (χ2v) is 2.23. The van der Waals surface area contributed by atoms with Crippen molar-refractivity contribution in [1.82, 2.24) is 0 Å². The predicted molar refractivity (Wildman–Crippen MR) is 45.6 cm³/mol. The van der Waals surface area contributed by atoms with Crippen LogP contribution < -0.4 is 4.74 Å². The Morgan fingerprint density at radius 1 is 1.13 bits per heavy atom. The van der Waals surface area contributed by atoms with E-state index in [2.05, 4.69) is 4.74 Å². The van der Waals surface area contributed by atoms with E-state index in [-0.39, 0.29) is 5.75 Å². The van der Waals surface area contributed by atoms with Gasteiger partial charge in [-0.15, -0.1) is 13.2 Å². The molecule has 0 N–H and O–H groups in total. The quantitative estimate of drug-likeness (QED) is 0.717. The van der Waals surface area contributed by atoms with Crippen LogP contribution in [0.25, 0.3) is 0 Å². The van der Waals surface area contributed by atoms with Gasteiger partial charge in [-0.05, 0) is 24.3 Å². The fraction of sp³-hybridized carbons (Fsp3) is 0.111. The highest BCUT2D eigenvalue weighted by Gasteiger charge is 2.30. The highest BCUT2D eigenvalue weighted by Crippen LogP contribution is 2.22. The van der Waals surface area contributed by atoms with Crippen LogP contribution in [-0.4, -0.2) is 19.4 Å². The summed E-state index contributed by atoms with van der Waals surface area (Å²) >= 11 is 0. The summed E-state index contributed by atoms with van der Waals surface area (Å²) in [5.74, 6) is -0.335. The minimum atomic E-state index is -4.69. The van der Waals surface area contributed by atoms with Crippen LogP contribution in [0.3, 0.4) is 0 Å². The molecule has 1 aromatic rings. The van der Waals surface area contributed by atoms with Crippen LogP contribution in [0.1, 0.15) is 10.4 Å². The average Bonchev–Trinajstić information content (AvgIpc) is 2.20. The second kappa shape index (κ2) is 5.79. The van der Waals surface area contributed by atoms with Crippen LogP contribution in [0.4, 0.5) is 13.2 Å². The number of hydrogen-bond donors (Lipinski definition) is 0. The Hall–Kier alpha value is -1.85. The van der Waals surface area contributed by atoms with E-state index < -0.39 is 6.36 Å². The molecule has 6 heteroatoms. The zero-order chi connectivity index (χ0) is 11.9. The standard InChI is InChI=1S/C8H5F3O2.CH2O/c9-8(10,11)13-7-3-1-6(5-12)2-4-7;1-2/h1-5H;1H2. The zero-order valence-corrected chi connectivity index (χ0v) is 7.45. The minimum Gasteiger partial charge on any atom is -0.406 e. The number of carbonyl (C=O) groups is 2. The average molecular weight is 220 g/mol. The molecular formula is C9H7F3O3. The van der Waals surface area contributed by atoms with E-state index in [1.165, 1.54) is 12.1 Å². The third-order valence-electron chi connectivity index (χ3n) is 1.25. The minimum absolute atomic E-state index is 0.300. The third kappa shape index (κ3) is 5.45. The highest BCUT2D eigenvalue weighted by molar-refractivity contribution is 5.74. The Labute approximate surface area is 83.5 Å². The fourth-order valence-corrected chi connectivity index (χ4v) is 0.748. The number of carbonyl (C=O) groups excluding carboxylic acids is 2. The van der Waals surface area contributed by atoms with Crippen molar-refractivity contribution in [2.24, 2.45) is 0 Å². The molecule has 0 amide bonds. The Morgan fingerprint density at radius 3 is 1.93 bits per heavy atom. The third-order valence-corrected chi connectivity index (χ3v) is 1.25. The molecule has 82 valence electrons. The number of ether oxygens (including phenoxy) is 1. The summed E-state index contributed by atoms with van der Waals surface area (Å²) in [6.07, 6.45) is -4.15. The molecule has 0 aromatic heterocycles. The summed E-state index contributed by atoms with van der Waals surface area (Å²) < 4.78 is 38.5. The van der Waals surface area contributed by atoms with Gasteiger partial charge in [0.1, 0.15) is 18.8 Å². The van der Waals surface area contributed by atoms with E-state index in [1.807, 2.05) is 6.79 Å². The molecule has 0 aliphatic carbocycles. The summed E-state index contributed by atoms with van der Waals surface area (Å²) in [5.41, 5.74) is 0.300. The largest absolute Gasteiger partial charge is 0.573 e. The van der Waals surface area contributed by atoms with Crippen LogP contribution in [0.15, 0.2) is 24.3 Å². The van der Waals surface area contributed by atoms with Crippen LogP contribution >= 0.6 is 0 Å². The fourth-order valence-electron chi connectivity index (χ4n) is 0.748. The molecule has 0 saturated carbocycles. The Balaban J connectivity index is 0.000000921. The lowest BCUT2D eigenvalue weighted by Gasteiger charge is -2.07. The van der Waals surface area contributed by atoms with Crippen molar-refractivity contribution in [3.05, 3.63) is 29.8 Å². The molecule has 0 aliphatic heterocycles. The van der Waals surface area contributed by atoms with Crippen molar-refractivity contribution < 1.29 is 27.5 Å². The lowest BCUT2D eigenvalue weighted by molar-refractivity contribution is -0.274. The van der Waals surface area contributed by atoms with Crippen LogP contribution in [-0.2, 0) is 4.79 Å². The highest BCUT2D eigenvalue weighted by atomic mass is 19.4. The Morgan fingerprint density at radius 2 is 1.60 bits per heavy atom. The molecule has 0 spiro atoms. The number of rotatable bonds is 2. The van der Waals surface area contributed by atoms with E-state index in [9.17, 15) is 18.0 Å². The molecule has 0 fully saturated rings. The molecule has 15 heavy (non-hydrogen) atoms. The SMILES string of the molecule is C=O.O=Cc1ccc(OC(F)(F)F)cc1. The van der Waals surface area contributed by atoms with Gasteiger partial charge in [0.05, 0.1) is 0 Å². The second-order valence-electron chi connectivity index (χ2n) is 2.23. The molecule has 0 bridgehead atoms. The molecule has 0 aliphatic rings. The van der Waals surface area contributed by atoms with Gasteiger partial charge in [0.15, 0.2) is 0 Å². The summed E-state index contributed by atoms with van der Waals surface area (Å²) in [4.78, 5) is 18.1. The Kier molecular flexibility index (Phi) is 5.08. The zero-order valence-electron chi connectivity index (χ0n) is 7.45. The summed E-state index contributed by atoms with van der Waals surface area (Å²) in [6, 6.07) is 4.65. The number of aldehydes is 1. The van der Waals surface area contributed by atoms with Gasteiger partial charge in [-0.25, -0.2) is 0 Å². The van der Waals surface area contributed by atoms with Crippen molar-refractivity contribution >= 4 is 13.1 Å². The van der Waals surface area contributed by atoms with Gasteiger partial charge >= 0.3 is 6.36 Å². The van der Waals surface area contributed by atoms with Gasteiger partial charge in [-0.1, -0.05) is 0 Å².